The molecule has 0 aliphatic carbocycles. The lowest BCUT2D eigenvalue weighted by atomic mass is 10.1. The van der Waals surface area contributed by atoms with Gasteiger partial charge in [0.25, 0.3) is 0 Å². The summed E-state index contributed by atoms with van der Waals surface area (Å²) < 4.78 is 18.3. The lowest BCUT2D eigenvalue weighted by molar-refractivity contribution is 0.238. The fourth-order valence-electron chi connectivity index (χ4n) is 2.47. The summed E-state index contributed by atoms with van der Waals surface area (Å²) in [6.45, 7) is 0.339. The number of pyridine rings is 1. The zero-order valence-corrected chi connectivity index (χ0v) is 14.9. The van der Waals surface area contributed by atoms with Crippen LogP contribution >= 0.6 is 11.3 Å². The maximum Gasteiger partial charge on any atom is 0.315 e. The van der Waals surface area contributed by atoms with Gasteiger partial charge >= 0.3 is 6.03 Å². The highest BCUT2D eigenvalue weighted by atomic mass is 32.1. The molecule has 0 aliphatic rings. The predicted octanol–water partition coefficient (Wildman–Crippen LogP) is 3.88. The van der Waals surface area contributed by atoms with Crippen molar-refractivity contribution in [1.82, 2.24) is 15.6 Å². The van der Waals surface area contributed by atoms with Crippen molar-refractivity contribution in [1.29, 1.82) is 0 Å². The molecule has 0 saturated carbocycles. The Bertz CT molecular complexity index is 853. The standard InChI is InChI=1S/C19H18FN3O2S/c1-25-17-11-13(8-9-21-17)12-22-19(24)23-18(16-3-2-10-26-16)14-4-6-15(20)7-5-14/h2-11,18H,12H2,1H3,(H2,22,23,24). The Morgan fingerprint density at radius 1 is 1.27 bits per heavy atom. The van der Waals surface area contributed by atoms with Gasteiger partial charge in [0, 0.05) is 23.7 Å². The first-order chi connectivity index (χ1) is 12.7. The number of nitrogens with one attached hydrogen (secondary N) is 2. The molecule has 0 fully saturated rings. The summed E-state index contributed by atoms with van der Waals surface area (Å²) in [6.07, 6.45) is 1.63. The number of ether oxygens (including phenoxy) is 1. The van der Waals surface area contributed by atoms with Crippen molar-refractivity contribution in [3.63, 3.8) is 0 Å². The van der Waals surface area contributed by atoms with Crippen molar-refractivity contribution >= 4 is 17.4 Å². The predicted molar refractivity (Wildman–Crippen MR) is 98.7 cm³/mol. The van der Waals surface area contributed by atoms with Crippen molar-refractivity contribution in [2.75, 3.05) is 7.11 Å². The minimum Gasteiger partial charge on any atom is -0.481 e. The number of amides is 2. The van der Waals surface area contributed by atoms with Gasteiger partial charge in [0.15, 0.2) is 0 Å². The van der Waals surface area contributed by atoms with Gasteiger partial charge in [-0.25, -0.2) is 14.2 Å². The highest BCUT2D eigenvalue weighted by Gasteiger charge is 2.18. The van der Waals surface area contributed by atoms with Crippen molar-refractivity contribution < 1.29 is 13.9 Å². The SMILES string of the molecule is COc1cc(CNC(=O)NC(c2ccc(F)cc2)c2cccs2)ccn1. The molecule has 0 aliphatic heterocycles. The normalized spacial score (nSPS) is 11.6. The van der Waals surface area contributed by atoms with Crippen molar-refractivity contribution in [2.24, 2.45) is 0 Å². The summed E-state index contributed by atoms with van der Waals surface area (Å²) in [7, 11) is 1.54. The first-order valence-corrected chi connectivity index (χ1v) is 8.86. The van der Waals surface area contributed by atoms with Crippen LogP contribution in [0, 0.1) is 5.82 Å². The van der Waals surface area contributed by atoms with E-state index in [1.807, 2.05) is 17.5 Å². The molecule has 2 heterocycles. The van der Waals surface area contributed by atoms with E-state index in [1.54, 1.807) is 37.6 Å². The average Bonchev–Trinajstić information content (AvgIpc) is 3.20. The lowest BCUT2D eigenvalue weighted by Gasteiger charge is -2.18. The van der Waals surface area contributed by atoms with E-state index < -0.39 is 0 Å². The van der Waals surface area contributed by atoms with E-state index in [1.165, 1.54) is 23.5 Å². The van der Waals surface area contributed by atoms with Crippen LogP contribution in [0.1, 0.15) is 22.0 Å². The van der Waals surface area contributed by atoms with Gasteiger partial charge in [-0.3, -0.25) is 0 Å². The summed E-state index contributed by atoms with van der Waals surface area (Å²) >= 11 is 1.53. The summed E-state index contributed by atoms with van der Waals surface area (Å²) in [4.78, 5) is 17.4. The molecule has 134 valence electrons. The Morgan fingerprint density at radius 3 is 2.77 bits per heavy atom. The van der Waals surface area contributed by atoms with Crippen LogP contribution in [-0.2, 0) is 6.54 Å². The Balaban J connectivity index is 1.68. The minimum atomic E-state index is -0.345. The molecule has 1 unspecified atom stereocenters. The third-order valence-electron chi connectivity index (χ3n) is 3.77. The average molecular weight is 371 g/mol. The molecule has 3 aromatic rings. The second-order valence-electron chi connectivity index (χ2n) is 5.53. The van der Waals surface area contributed by atoms with E-state index in [9.17, 15) is 9.18 Å². The molecule has 2 aromatic heterocycles. The quantitative estimate of drug-likeness (QED) is 0.691. The largest absolute Gasteiger partial charge is 0.481 e. The molecule has 0 bridgehead atoms. The molecule has 2 N–H and O–H groups in total. The van der Waals surface area contributed by atoms with Crippen LogP contribution in [0.15, 0.2) is 60.1 Å². The minimum absolute atomic E-state index is 0.310. The molecule has 0 saturated heterocycles. The molecule has 0 radical (unpaired) electrons. The molecule has 0 spiro atoms. The number of rotatable bonds is 6. The number of carbonyl (C=O) groups is 1. The van der Waals surface area contributed by atoms with Crippen LogP contribution in [-0.4, -0.2) is 18.1 Å². The monoisotopic (exact) mass is 371 g/mol. The third-order valence-corrected chi connectivity index (χ3v) is 4.71. The highest BCUT2D eigenvalue weighted by molar-refractivity contribution is 7.10. The number of benzene rings is 1. The van der Waals surface area contributed by atoms with E-state index >= 15 is 0 Å². The number of methoxy groups -OCH3 is 1. The Morgan fingerprint density at radius 2 is 2.08 bits per heavy atom. The molecule has 2 amide bonds. The second-order valence-corrected chi connectivity index (χ2v) is 6.51. The molecule has 1 atom stereocenters. The summed E-state index contributed by atoms with van der Waals surface area (Å²) in [6, 6.07) is 12.9. The Hall–Kier alpha value is -2.93. The highest BCUT2D eigenvalue weighted by Crippen LogP contribution is 2.26. The van der Waals surface area contributed by atoms with Crippen LogP contribution in [0.4, 0.5) is 9.18 Å². The zero-order chi connectivity index (χ0) is 18.4. The van der Waals surface area contributed by atoms with E-state index in [0.717, 1.165) is 16.0 Å². The molecule has 1 aromatic carbocycles. The van der Waals surface area contributed by atoms with Crippen molar-refractivity contribution in [2.45, 2.75) is 12.6 Å². The number of thiophene rings is 1. The van der Waals surface area contributed by atoms with Gasteiger partial charge in [-0.05, 0) is 40.8 Å². The molecule has 26 heavy (non-hydrogen) atoms. The number of hydrogen-bond acceptors (Lipinski definition) is 4. The maximum atomic E-state index is 13.2. The van der Waals surface area contributed by atoms with Gasteiger partial charge in [-0.2, -0.15) is 0 Å². The van der Waals surface area contributed by atoms with Gasteiger partial charge < -0.3 is 15.4 Å². The smallest absolute Gasteiger partial charge is 0.315 e. The van der Waals surface area contributed by atoms with Crippen molar-refractivity contribution in [3.05, 3.63) is 81.9 Å². The number of hydrogen-bond donors (Lipinski definition) is 2. The number of aromatic nitrogens is 1. The molecular weight excluding hydrogens is 353 g/mol. The lowest BCUT2D eigenvalue weighted by Crippen LogP contribution is -2.37. The number of urea groups is 1. The van der Waals surface area contributed by atoms with Crippen molar-refractivity contribution in [3.8, 4) is 5.88 Å². The molecular formula is C19H18FN3O2S. The maximum absolute atomic E-state index is 13.2. The van der Waals surface area contributed by atoms with Crippen LogP contribution in [0.25, 0.3) is 0 Å². The van der Waals surface area contributed by atoms with E-state index in [4.69, 9.17) is 4.74 Å². The van der Waals surface area contributed by atoms with Crippen LogP contribution < -0.4 is 15.4 Å². The summed E-state index contributed by atoms with van der Waals surface area (Å²) in [5.74, 6) is 0.183. The summed E-state index contributed by atoms with van der Waals surface area (Å²) in [5.41, 5.74) is 1.69. The van der Waals surface area contributed by atoms with Gasteiger partial charge in [-0.1, -0.05) is 18.2 Å². The van der Waals surface area contributed by atoms with Crippen LogP contribution in [0.3, 0.4) is 0 Å². The number of carbonyl (C=O) groups excluding carboxylic acids is 1. The van der Waals surface area contributed by atoms with Gasteiger partial charge in [0.05, 0.1) is 13.2 Å². The van der Waals surface area contributed by atoms with Gasteiger partial charge in [0.2, 0.25) is 5.88 Å². The van der Waals surface area contributed by atoms with E-state index in [0.29, 0.717) is 12.4 Å². The summed E-state index contributed by atoms with van der Waals surface area (Å²) in [5, 5.41) is 7.71. The van der Waals surface area contributed by atoms with Crippen LogP contribution in [0.5, 0.6) is 5.88 Å². The fourth-order valence-corrected chi connectivity index (χ4v) is 3.27. The fraction of sp³-hybridized carbons (Fsp3) is 0.158. The van der Waals surface area contributed by atoms with Gasteiger partial charge in [0.1, 0.15) is 5.82 Å². The number of halogens is 1. The second kappa shape index (κ2) is 8.44. The molecule has 7 heteroatoms. The number of nitrogens with zero attached hydrogens (tertiary/aromatic N) is 1. The third kappa shape index (κ3) is 4.58. The Labute approximate surface area is 154 Å². The Kier molecular flexibility index (Phi) is 5.80. The van der Waals surface area contributed by atoms with Crippen LogP contribution in [0.2, 0.25) is 0 Å². The zero-order valence-electron chi connectivity index (χ0n) is 14.1. The van der Waals surface area contributed by atoms with E-state index in [2.05, 4.69) is 15.6 Å². The molecule has 5 nitrogen and oxygen atoms in total. The van der Waals surface area contributed by atoms with Gasteiger partial charge in [-0.15, -0.1) is 11.3 Å². The van der Waals surface area contributed by atoms with E-state index in [-0.39, 0.29) is 17.9 Å². The topological polar surface area (TPSA) is 63.2 Å². The molecule has 3 rings (SSSR count). The first kappa shape index (κ1) is 17.9. The first-order valence-electron chi connectivity index (χ1n) is 7.98.